The molecule has 0 amide bonds. The number of hydrogen-bond acceptors (Lipinski definition) is 5. The fourth-order valence-corrected chi connectivity index (χ4v) is 1.71. The van der Waals surface area contributed by atoms with Crippen LogP contribution in [-0.2, 0) is 18.9 Å². The second-order valence-corrected chi connectivity index (χ2v) is 5.01. The molecule has 0 bridgehead atoms. The van der Waals surface area contributed by atoms with Crippen LogP contribution in [0.4, 0.5) is 0 Å². The highest BCUT2D eigenvalue weighted by atomic mass is 16.6. The van der Waals surface area contributed by atoms with Crippen molar-refractivity contribution < 1.29 is 18.9 Å². The van der Waals surface area contributed by atoms with Crippen molar-refractivity contribution in [2.45, 2.75) is 45.4 Å². The molecule has 2 N–H and O–H groups in total. The van der Waals surface area contributed by atoms with Crippen LogP contribution in [0.25, 0.3) is 0 Å². The van der Waals surface area contributed by atoms with Crippen molar-refractivity contribution in [3.63, 3.8) is 0 Å². The lowest BCUT2D eigenvalue weighted by Crippen LogP contribution is -2.12. The third-order valence-corrected chi connectivity index (χ3v) is 3.00. The molecule has 0 unspecified atom stereocenters. The molecule has 0 heterocycles. The maximum atomic E-state index is 5.48. The molecule has 0 aliphatic rings. The zero-order valence-electron chi connectivity index (χ0n) is 13.8. The minimum atomic E-state index is 0.620. The molecule has 0 aromatic rings. The summed E-state index contributed by atoms with van der Waals surface area (Å²) in [7, 11) is 0. The Labute approximate surface area is 130 Å². The smallest absolute Gasteiger partial charge is 0.0701 e. The van der Waals surface area contributed by atoms with Crippen LogP contribution < -0.4 is 5.73 Å². The molecule has 128 valence electrons. The number of hydrogen-bond donors (Lipinski definition) is 1. The summed E-state index contributed by atoms with van der Waals surface area (Å²) in [6.45, 7) is 8.46. The first kappa shape index (κ1) is 20.8. The Bertz CT molecular complexity index is 164. The molecule has 0 radical (unpaired) electrons. The Hall–Kier alpha value is -0.200. The van der Waals surface area contributed by atoms with E-state index in [4.69, 9.17) is 24.7 Å². The standard InChI is InChI=1S/C16H35NO4/c1-2-3-9-18-11-13-20-15-16-21-14-12-19-10-7-5-4-6-8-17/h2-17H2,1H3. The predicted molar refractivity (Wildman–Crippen MR) is 85.7 cm³/mol. The molecule has 0 aromatic heterocycles. The van der Waals surface area contributed by atoms with Crippen LogP contribution in [0.3, 0.4) is 0 Å². The Morgan fingerprint density at radius 1 is 0.524 bits per heavy atom. The van der Waals surface area contributed by atoms with Crippen LogP contribution in [-0.4, -0.2) is 59.4 Å². The summed E-state index contributed by atoms with van der Waals surface area (Å²) >= 11 is 0. The van der Waals surface area contributed by atoms with E-state index in [1.54, 1.807) is 0 Å². The van der Waals surface area contributed by atoms with Crippen molar-refractivity contribution in [1.82, 2.24) is 0 Å². The van der Waals surface area contributed by atoms with Gasteiger partial charge in [0.15, 0.2) is 0 Å². The highest BCUT2D eigenvalue weighted by Crippen LogP contribution is 1.98. The van der Waals surface area contributed by atoms with Crippen molar-refractivity contribution >= 4 is 0 Å². The number of unbranched alkanes of at least 4 members (excludes halogenated alkanes) is 4. The van der Waals surface area contributed by atoms with E-state index in [9.17, 15) is 0 Å². The van der Waals surface area contributed by atoms with E-state index < -0.39 is 0 Å². The Morgan fingerprint density at radius 2 is 0.952 bits per heavy atom. The van der Waals surface area contributed by atoms with Gasteiger partial charge in [-0.05, 0) is 25.8 Å². The van der Waals surface area contributed by atoms with E-state index in [1.807, 2.05) is 0 Å². The monoisotopic (exact) mass is 305 g/mol. The summed E-state index contributed by atoms with van der Waals surface area (Å²) < 4.78 is 21.7. The van der Waals surface area contributed by atoms with Crippen molar-refractivity contribution in [2.75, 3.05) is 59.4 Å². The SMILES string of the molecule is CCCCOCCOCCOCCOCCCCCCN. The summed E-state index contributed by atoms with van der Waals surface area (Å²) in [4.78, 5) is 0. The van der Waals surface area contributed by atoms with Crippen molar-refractivity contribution in [3.05, 3.63) is 0 Å². The van der Waals surface area contributed by atoms with E-state index in [1.165, 1.54) is 19.3 Å². The van der Waals surface area contributed by atoms with Gasteiger partial charge in [0, 0.05) is 13.2 Å². The van der Waals surface area contributed by atoms with Gasteiger partial charge in [0.25, 0.3) is 0 Å². The first-order chi connectivity index (χ1) is 10.4. The molecular formula is C16H35NO4. The molecule has 5 heteroatoms. The van der Waals surface area contributed by atoms with Gasteiger partial charge in [-0.1, -0.05) is 26.2 Å². The third kappa shape index (κ3) is 19.8. The van der Waals surface area contributed by atoms with Crippen LogP contribution in [0.1, 0.15) is 45.4 Å². The van der Waals surface area contributed by atoms with Gasteiger partial charge < -0.3 is 24.7 Å². The quantitative estimate of drug-likeness (QED) is 0.394. The molecule has 21 heavy (non-hydrogen) atoms. The van der Waals surface area contributed by atoms with Crippen LogP contribution in [0.2, 0.25) is 0 Å². The largest absolute Gasteiger partial charge is 0.379 e. The highest BCUT2D eigenvalue weighted by Gasteiger charge is 1.93. The van der Waals surface area contributed by atoms with Gasteiger partial charge in [-0.2, -0.15) is 0 Å². The molecule has 0 aromatic carbocycles. The second-order valence-electron chi connectivity index (χ2n) is 5.01. The fraction of sp³-hybridized carbons (Fsp3) is 1.00. The van der Waals surface area contributed by atoms with Gasteiger partial charge in [0.1, 0.15) is 0 Å². The van der Waals surface area contributed by atoms with E-state index >= 15 is 0 Å². The normalized spacial score (nSPS) is 11.1. The van der Waals surface area contributed by atoms with E-state index in [2.05, 4.69) is 6.92 Å². The van der Waals surface area contributed by atoms with E-state index in [0.29, 0.717) is 39.6 Å². The van der Waals surface area contributed by atoms with Crippen LogP contribution in [0.15, 0.2) is 0 Å². The van der Waals surface area contributed by atoms with Gasteiger partial charge >= 0.3 is 0 Å². The second kappa shape index (κ2) is 19.8. The van der Waals surface area contributed by atoms with Gasteiger partial charge in [0.05, 0.1) is 39.6 Å². The van der Waals surface area contributed by atoms with E-state index in [0.717, 1.165) is 39.0 Å². The van der Waals surface area contributed by atoms with Gasteiger partial charge in [0.2, 0.25) is 0 Å². The van der Waals surface area contributed by atoms with Gasteiger partial charge in [-0.3, -0.25) is 0 Å². The molecule has 0 saturated heterocycles. The summed E-state index contributed by atoms with van der Waals surface area (Å²) in [5.41, 5.74) is 5.43. The van der Waals surface area contributed by atoms with Gasteiger partial charge in [-0.15, -0.1) is 0 Å². The average Bonchev–Trinajstić information content (AvgIpc) is 2.50. The molecule has 0 aliphatic carbocycles. The lowest BCUT2D eigenvalue weighted by Gasteiger charge is -2.07. The Balaban J connectivity index is 2.90. The predicted octanol–water partition coefficient (Wildman–Crippen LogP) is 2.37. The fourth-order valence-electron chi connectivity index (χ4n) is 1.71. The topological polar surface area (TPSA) is 62.9 Å². The maximum absolute atomic E-state index is 5.48. The van der Waals surface area contributed by atoms with Crippen molar-refractivity contribution in [3.8, 4) is 0 Å². The first-order valence-electron chi connectivity index (χ1n) is 8.42. The number of ether oxygens (including phenoxy) is 4. The molecular weight excluding hydrogens is 270 g/mol. The molecule has 0 saturated carbocycles. The molecule has 0 atom stereocenters. The van der Waals surface area contributed by atoms with E-state index in [-0.39, 0.29) is 0 Å². The molecule has 0 spiro atoms. The summed E-state index contributed by atoms with van der Waals surface area (Å²) in [5.74, 6) is 0. The van der Waals surface area contributed by atoms with Crippen molar-refractivity contribution in [1.29, 1.82) is 0 Å². The molecule has 0 fully saturated rings. The Kier molecular flexibility index (Phi) is 19.6. The summed E-state index contributed by atoms with van der Waals surface area (Å²) in [5, 5.41) is 0. The lowest BCUT2D eigenvalue weighted by atomic mass is 10.2. The highest BCUT2D eigenvalue weighted by molar-refractivity contribution is 4.43. The van der Waals surface area contributed by atoms with Crippen LogP contribution in [0, 0.1) is 0 Å². The third-order valence-electron chi connectivity index (χ3n) is 3.00. The minimum Gasteiger partial charge on any atom is -0.379 e. The number of rotatable bonds is 18. The molecule has 5 nitrogen and oxygen atoms in total. The summed E-state index contributed by atoms with van der Waals surface area (Å²) in [6, 6.07) is 0. The zero-order valence-corrected chi connectivity index (χ0v) is 13.8. The van der Waals surface area contributed by atoms with Crippen LogP contribution >= 0.6 is 0 Å². The molecule has 0 rings (SSSR count). The average molecular weight is 305 g/mol. The number of nitrogens with two attached hydrogens (primary N) is 1. The Morgan fingerprint density at radius 3 is 1.43 bits per heavy atom. The zero-order chi connectivity index (χ0) is 15.4. The minimum absolute atomic E-state index is 0.620. The lowest BCUT2D eigenvalue weighted by molar-refractivity contribution is -0.00237. The van der Waals surface area contributed by atoms with Crippen LogP contribution in [0.5, 0.6) is 0 Å². The summed E-state index contributed by atoms with van der Waals surface area (Å²) in [6.07, 6.45) is 6.93. The molecule has 0 aliphatic heterocycles. The van der Waals surface area contributed by atoms with Crippen molar-refractivity contribution in [2.24, 2.45) is 5.73 Å². The first-order valence-corrected chi connectivity index (χ1v) is 8.42. The maximum Gasteiger partial charge on any atom is 0.0701 e. The van der Waals surface area contributed by atoms with Gasteiger partial charge in [-0.25, -0.2) is 0 Å².